The predicted molar refractivity (Wildman–Crippen MR) is 128 cm³/mol. The maximum Gasteiger partial charge on any atom is 0.262 e. The summed E-state index contributed by atoms with van der Waals surface area (Å²) < 4.78 is 12.1. The number of carbonyl (C=O) groups excluding carboxylic acids is 2. The zero-order valence-corrected chi connectivity index (χ0v) is 19.5. The van der Waals surface area contributed by atoms with Crippen LogP contribution in [-0.2, 0) is 11.3 Å². The number of nitrogens with two attached hydrogens (primary N) is 1. The van der Waals surface area contributed by atoms with Crippen molar-refractivity contribution in [1.29, 1.82) is 0 Å². The fraction of sp³-hybridized carbons (Fsp3) is 0.333. The van der Waals surface area contributed by atoms with Gasteiger partial charge in [-0.3, -0.25) is 19.0 Å². The van der Waals surface area contributed by atoms with Crippen LogP contribution in [0.5, 0.6) is 11.5 Å². The van der Waals surface area contributed by atoms with Gasteiger partial charge in [-0.25, -0.2) is 4.98 Å². The molecule has 8 nitrogen and oxygen atoms in total. The minimum atomic E-state index is -0.330. The van der Waals surface area contributed by atoms with Gasteiger partial charge < -0.3 is 15.2 Å². The molecule has 174 valence electrons. The maximum atomic E-state index is 13.1. The summed E-state index contributed by atoms with van der Waals surface area (Å²) in [4.78, 5) is 41.6. The summed E-state index contributed by atoms with van der Waals surface area (Å²) in [5.41, 5.74) is 6.07. The van der Waals surface area contributed by atoms with Crippen molar-refractivity contribution < 1.29 is 19.1 Å². The Morgan fingerprint density at radius 2 is 1.85 bits per heavy atom. The van der Waals surface area contributed by atoms with Crippen LogP contribution in [0.3, 0.4) is 0 Å². The molecule has 0 aliphatic rings. The SMILES string of the molecule is COc1ccc(C(=O)CSc2nc3ccccc3c(=O)n2CCCCCC(N)=O)c(OC)c1. The van der Waals surface area contributed by atoms with E-state index in [2.05, 4.69) is 4.98 Å². The number of rotatable bonds is 12. The number of methoxy groups -OCH3 is 2. The lowest BCUT2D eigenvalue weighted by atomic mass is 10.1. The third-order valence-electron chi connectivity index (χ3n) is 5.17. The number of hydrogen-bond acceptors (Lipinski definition) is 7. The number of primary amides is 1. The number of Topliss-reactive ketones (excluding diaryl/α,β-unsaturated/α-hetero) is 1. The third kappa shape index (κ3) is 6.13. The summed E-state index contributed by atoms with van der Waals surface area (Å²) in [5.74, 6) is 0.642. The zero-order chi connectivity index (χ0) is 23.8. The smallest absolute Gasteiger partial charge is 0.262 e. The van der Waals surface area contributed by atoms with E-state index < -0.39 is 0 Å². The third-order valence-corrected chi connectivity index (χ3v) is 6.15. The number of thioether (sulfide) groups is 1. The van der Waals surface area contributed by atoms with Crippen molar-refractivity contribution in [2.24, 2.45) is 5.73 Å². The molecule has 1 aromatic heterocycles. The van der Waals surface area contributed by atoms with Gasteiger partial charge in [0.1, 0.15) is 11.5 Å². The van der Waals surface area contributed by atoms with Gasteiger partial charge in [-0.05, 0) is 37.1 Å². The lowest BCUT2D eigenvalue weighted by molar-refractivity contribution is -0.118. The van der Waals surface area contributed by atoms with Gasteiger partial charge in [-0.1, -0.05) is 30.3 Å². The summed E-state index contributed by atoms with van der Waals surface area (Å²) >= 11 is 1.22. The van der Waals surface area contributed by atoms with E-state index in [-0.39, 0.29) is 23.0 Å². The summed E-state index contributed by atoms with van der Waals surface area (Å²) in [5, 5.41) is 1.01. The quantitative estimate of drug-likeness (QED) is 0.187. The highest BCUT2D eigenvalue weighted by atomic mass is 32.2. The molecule has 2 aromatic carbocycles. The van der Waals surface area contributed by atoms with Crippen LogP contribution in [0.2, 0.25) is 0 Å². The summed E-state index contributed by atoms with van der Waals surface area (Å²) in [7, 11) is 3.05. The van der Waals surface area contributed by atoms with Crippen molar-refractivity contribution in [2.75, 3.05) is 20.0 Å². The summed E-state index contributed by atoms with van der Waals surface area (Å²) in [6, 6.07) is 12.2. The number of ether oxygens (including phenoxy) is 2. The van der Waals surface area contributed by atoms with E-state index in [1.54, 1.807) is 48.1 Å². The standard InChI is InChI=1S/C24H27N3O5S/c1-31-16-11-12-18(21(14-16)32-2)20(28)15-33-24-26-19-9-6-5-8-17(19)23(30)27(24)13-7-3-4-10-22(25)29/h5-6,8-9,11-12,14H,3-4,7,10,13,15H2,1-2H3,(H2,25,29). The molecule has 0 atom stereocenters. The van der Waals surface area contributed by atoms with Crippen molar-refractivity contribution >= 4 is 34.4 Å². The number of nitrogens with zero attached hydrogens (tertiary/aromatic N) is 2. The van der Waals surface area contributed by atoms with Gasteiger partial charge in [0.15, 0.2) is 10.9 Å². The fourth-order valence-corrected chi connectivity index (χ4v) is 4.35. The van der Waals surface area contributed by atoms with Gasteiger partial charge in [0, 0.05) is 19.0 Å². The van der Waals surface area contributed by atoms with Gasteiger partial charge >= 0.3 is 0 Å². The van der Waals surface area contributed by atoms with Gasteiger partial charge in [0.05, 0.1) is 36.4 Å². The Balaban J connectivity index is 1.81. The van der Waals surface area contributed by atoms with E-state index in [4.69, 9.17) is 15.2 Å². The average Bonchev–Trinajstić information content (AvgIpc) is 2.83. The number of aromatic nitrogens is 2. The Labute approximate surface area is 196 Å². The molecule has 33 heavy (non-hydrogen) atoms. The van der Waals surface area contributed by atoms with E-state index in [1.165, 1.54) is 18.9 Å². The van der Waals surface area contributed by atoms with Crippen molar-refractivity contribution in [3.63, 3.8) is 0 Å². The molecule has 0 unspecified atom stereocenters. The number of hydrogen-bond donors (Lipinski definition) is 1. The van der Waals surface area contributed by atoms with E-state index >= 15 is 0 Å². The first-order chi connectivity index (χ1) is 15.9. The predicted octanol–water partition coefficient (Wildman–Crippen LogP) is 3.43. The fourth-order valence-electron chi connectivity index (χ4n) is 3.44. The minimum absolute atomic E-state index is 0.0924. The van der Waals surface area contributed by atoms with Crippen LogP contribution in [0, 0.1) is 0 Å². The Morgan fingerprint density at radius 1 is 1.06 bits per heavy atom. The maximum absolute atomic E-state index is 13.1. The Bertz CT molecular complexity index is 1210. The van der Waals surface area contributed by atoms with E-state index in [0.717, 1.165) is 6.42 Å². The van der Waals surface area contributed by atoms with Gasteiger partial charge in [-0.2, -0.15) is 0 Å². The van der Waals surface area contributed by atoms with Gasteiger partial charge in [0.2, 0.25) is 5.91 Å². The van der Waals surface area contributed by atoms with Crippen LogP contribution in [0.25, 0.3) is 10.9 Å². The lowest BCUT2D eigenvalue weighted by Gasteiger charge is -2.13. The van der Waals surface area contributed by atoms with Crippen molar-refractivity contribution in [3.05, 3.63) is 58.4 Å². The normalized spacial score (nSPS) is 10.8. The zero-order valence-electron chi connectivity index (χ0n) is 18.7. The number of fused-ring (bicyclic) bond motifs is 1. The largest absolute Gasteiger partial charge is 0.497 e. The number of para-hydroxylation sites is 1. The number of ketones is 1. The average molecular weight is 470 g/mol. The summed E-state index contributed by atoms with van der Waals surface area (Å²) in [6.45, 7) is 0.442. The van der Waals surface area contributed by atoms with Crippen LogP contribution >= 0.6 is 11.8 Å². The number of unbranched alkanes of at least 4 members (excludes halogenated alkanes) is 2. The highest BCUT2D eigenvalue weighted by Crippen LogP contribution is 2.27. The van der Waals surface area contributed by atoms with Crippen LogP contribution in [0.15, 0.2) is 52.4 Å². The topological polar surface area (TPSA) is 114 Å². The first-order valence-electron chi connectivity index (χ1n) is 10.6. The second-order valence-electron chi connectivity index (χ2n) is 7.42. The van der Waals surface area contributed by atoms with Gasteiger partial charge in [-0.15, -0.1) is 0 Å². The Morgan fingerprint density at radius 3 is 2.58 bits per heavy atom. The minimum Gasteiger partial charge on any atom is -0.497 e. The molecule has 1 heterocycles. The molecule has 2 N–H and O–H groups in total. The molecule has 0 fully saturated rings. The molecule has 9 heteroatoms. The molecular weight excluding hydrogens is 442 g/mol. The van der Waals surface area contributed by atoms with Crippen molar-refractivity contribution in [1.82, 2.24) is 9.55 Å². The second kappa shape index (κ2) is 11.5. The highest BCUT2D eigenvalue weighted by molar-refractivity contribution is 7.99. The number of carbonyl (C=O) groups is 2. The molecule has 0 spiro atoms. The first kappa shape index (κ1) is 24.3. The molecule has 0 radical (unpaired) electrons. The van der Waals surface area contributed by atoms with Gasteiger partial charge in [0.25, 0.3) is 5.56 Å². The molecule has 0 saturated carbocycles. The summed E-state index contributed by atoms with van der Waals surface area (Å²) in [6.07, 6.45) is 2.45. The number of amides is 1. The van der Waals surface area contributed by atoms with Crippen molar-refractivity contribution in [3.8, 4) is 11.5 Å². The Hall–Kier alpha value is -3.33. The van der Waals surface area contributed by atoms with Crippen LogP contribution < -0.4 is 20.8 Å². The molecule has 3 aromatic rings. The van der Waals surface area contributed by atoms with Crippen LogP contribution in [-0.4, -0.2) is 41.2 Å². The highest BCUT2D eigenvalue weighted by Gasteiger charge is 2.17. The van der Waals surface area contributed by atoms with E-state index in [9.17, 15) is 14.4 Å². The molecule has 3 rings (SSSR count). The molecule has 1 amide bonds. The van der Waals surface area contributed by atoms with Crippen LogP contribution in [0.4, 0.5) is 0 Å². The van der Waals surface area contributed by atoms with Crippen LogP contribution in [0.1, 0.15) is 36.0 Å². The second-order valence-corrected chi connectivity index (χ2v) is 8.37. The lowest BCUT2D eigenvalue weighted by Crippen LogP contribution is -2.24. The molecule has 0 aliphatic carbocycles. The van der Waals surface area contributed by atoms with E-state index in [1.807, 2.05) is 6.07 Å². The molecule has 0 bridgehead atoms. The molecule has 0 saturated heterocycles. The Kier molecular flexibility index (Phi) is 8.48. The van der Waals surface area contributed by atoms with E-state index in [0.29, 0.717) is 58.9 Å². The monoisotopic (exact) mass is 469 g/mol. The molecular formula is C24H27N3O5S. The van der Waals surface area contributed by atoms with Crippen molar-refractivity contribution in [2.45, 2.75) is 37.4 Å². The first-order valence-corrected chi connectivity index (χ1v) is 11.6. The number of benzene rings is 2. The molecule has 0 aliphatic heterocycles.